The van der Waals surface area contributed by atoms with Crippen molar-refractivity contribution in [3.8, 4) is 0 Å². The Morgan fingerprint density at radius 1 is 1.14 bits per heavy atom. The van der Waals surface area contributed by atoms with Crippen LogP contribution in [0, 0.1) is 5.92 Å². The predicted molar refractivity (Wildman–Crippen MR) is 71.7 cm³/mol. The number of carboxylic acids is 3. The molecule has 0 spiro atoms. The first-order valence-corrected chi connectivity index (χ1v) is 6.97. The van der Waals surface area contributed by atoms with Gasteiger partial charge in [-0.25, -0.2) is 9.59 Å². The van der Waals surface area contributed by atoms with Crippen LogP contribution in [-0.4, -0.2) is 61.0 Å². The number of aliphatic hydroxyl groups is 1. The highest BCUT2D eigenvalue weighted by molar-refractivity contribution is 8.00. The number of rotatable bonds is 9. The van der Waals surface area contributed by atoms with E-state index in [1.165, 1.54) is 0 Å². The van der Waals surface area contributed by atoms with E-state index in [1.807, 2.05) is 5.32 Å². The van der Waals surface area contributed by atoms with Crippen molar-refractivity contribution in [2.24, 2.45) is 5.92 Å². The van der Waals surface area contributed by atoms with Gasteiger partial charge in [-0.3, -0.25) is 9.59 Å². The maximum Gasteiger partial charge on any atom is 0.346 e. The van der Waals surface area contributed by atoms with Crippen molar-refractivity contribution >= 4 is 35.6 Å². The largest absolute Gasteiger partial charge is 0.481 e. The van der Waals surface area contributed by atoms with Gasteiger partial charge in [-0.05, 0) is 19.1 Å². The summed E-state index contributed by atoms with van der Waals surface area (Å²) in [5.41, 5.74) is -3.26. The van der Waals surface area contributed by atoms with E-state index in [9.17, 15) is 24.3 Å². The average molecular weight is 323 g/mol. The Kier molecular flexibility index (Phi) is 7.16. The quantitative estimate of drug-likeness (QED) is 0.270. The van der Waals surface area contributed by atoms with Gasteiger partial charge in [0.25, 0.3) is 11.5 Å². The van der Waals surface area contributed by atoms with Crippen molar-refractivity contribution < 1.29 is 39.6 Å². The van der Waals surface area contributed by atoms with E-state index in [-0.39, 0.29) is 0 Å². The zero-order valence-corrected chi connectivity index (χ0v) is 12.2. The third kappa shape index (κ3) is 4.60. The molecule has 0 saturated heterocycles. The Morgan fingerprint density at radius 3 is 2.00 bits per heavy atom. The summed E-state index contributed by atoms with van der Waals surface area (Å²) < 4.78 is 0. The molecular formula is C11H17NO8S. The SMILES string of the molecule is CCCSC(NC(=O)C(O)(C(=O)O)C(C)C(=O)O)C(=O)O. The minimum absolute atomic E-state index is 0.372. The molecule has 21 heavy (non-hydrogen) atoms. The minimum atomic E-state index is -3.26. The van der Waals surface area contributed by atoms with Gasteiger partial charge in [0.1, 0.15) is 5.92 Å². The lowest BCUT2D eigenvalue weighted by atomic mass is 9.88. The standard InChI is InChI=1S/C11H17NO8S/c1-3-4-21-6(8(15)16)12-9(17)11(20,10(18)19)5(2)7(13)14/h5-6,20H,3-4H2,1-2H3,(H,12,17)(H,13,14)(H,15,16)(H,18,19). The molecule has 0 saturated carbocycles. The Hall–Kier alpha value is -1.81. The second-order valence-electron chi connectivity index (χ2n) is 4.19. The molecule has 0 fully saturated rings. The van der Waals surface area contributed by atoms with Crippen LogP contribution < -0.4 is 5.32 Å². The Labute approximate surface area is 124 Å². The monoisotopic (exact) mass is 323 g/mol. The van der Waals surface area contributed by atoms with Crippen LogP contribution >= 0.6 is 11.8 Å². The highest BCUT2D eigenvalue weighted by atomic mass is 32.2. The molecule has 0 aromatic heterocycles. The Morgan fingerprint density at radius 2 is 1.67 bits per heavy atom. The summed E-state index contributed by atoms with van der Waals surface area (Å²) >= 11 is 0.823. The van der Waals surface area contributed by atoms with Crippen LogP contribution in [0.25, 0.3) is 0 Å². The summed E-state index contributed by atoms with van der Waals surface area (Å²) in [5.74, 6) is -8.38. The average Bonchev–Trinajstić information content (AvgIpc) is 2.40. The van der Waals surface area contributed by atoms with E-state index >= 15 is 0 Å². The molecule has 3 unspecified atom stereocenters. The maximum atomic E-state index is 11.8. The number of amides is 1. The summed E-state index contributed by atoms with van der Waals surface area (Å²) in [4.78, 5) is 44.7. The molecule has 0 aliphatic rings. The molecular weight excluding hydrogens is 306 g/mol. The van der Waals surface area contributed by atoms with E-state index in [4.69, 9.17) is 15.3 Å². The minimum Gasteiger partial charge on any atom is -0.481 e. The fourth-order valence-corrected chi connectivity index (χ4v) is 2.10. The van der Waals surface area contributed by atoms with Crippen LogP contribution in [-0.2, 0) is 19.2 Å². The van der Waals surface area contributed by atoms with Gasteiger partial charge in [0.2, 0.25) is 0 Å². The molecule has 3 atom stereocenters. The molecule has 10 heteroatoms. The number of carbonyl (C=O) groups is 4. The Balaban J connectivity index is 5.27. The summed E-state index contributed by atoms with van der Waals surface area (Å²) in [6, 6.07) is 0. The number of aliphatic carboxylic acids is 3. The molecule has 0 aliphatic carbocycles. The summed E-state index contributed by atoms with van der Waals surface area (Å²) in [6.45, 7) is 2.61. The molecule has 0 heterocycles. The van der Waals surface area contributed by atoms with Gasteiger partial charge in [0.15, 0.2) is 5.37 Å². The van der Waals surface area contributed by atoms with Crippen LogP contribution in [0.3, 0.4) is 0 Å². The number of hydrogen-bond donors (Lipinski definition) is 5. The lowest BCUT2D eigenvalue weighted by molar-refractivity contribution is -0.179. The van der Waals surface area contributed by atoms with Crippen molar-refractivity contribution in [2.45, 2.75) is 31.2 Å². The first-order chi connectivity index (χ1) is 9.58. The van der Waals surface area contributed by atoms with Crippen LogP contribution in [0.2, 0.25) is 0 Å². The fraction of sp³-hybridized carbons (Fsp3) is 0.636. The molecule has 0 bridgehead atoms. The van der Waals surface area contributed by atoms with E-state index in [1.54, 1.807) is 6.92 Å². The molecule has 0 rings (SSSR count). The molecule has 5 N–H and O–H groups in total. The van der Waals surface area contributed by atoms with Crippen molar-refractivity contribution in [2.75, 3.05) is 5.75 Å². The smallest absolute Gasteiger partial charge is 0.346 e. The van der Waals surface area contributed by atoms with Crippen LogP contribution in [0.15, 0.2) is 0 Å². The zero-order valence-electron chi connectivity index (χ0n) is 11.4. The summed E-state index contributed by atoms with van der Waals surface area (Å²) in [7, 11) is 0. The third-order valence-corrected chi connectivity index (χ3v) is 3.94. The van der Waals surface area contributed by atoms with Crippen molar-refractivity contribution in [1.82, 2.24) is 5.32 Å². The number of thioether (sulfide) groups is 1. The normalized spacial score (nSPS) is 16.3. The number of hydrogen-bond acceptors (Lipinski definition) is 6. The molecule has 120 valence electrons. The van der Waals surface area contributed by atoms with Crippen LogP contribution in [0.4, 0.5) is 0 Å². The van der Waals surface area contributed by atoms with E-state index in [2.05, 4.69) is 0 Å². The molecule has 0 aliphatic heterocycles. The zero-order chi connectivity index (χ0) is 16.8. The molecule has 0 aromatic carbocycles. The lowest BCUT2D eigenvalue weighted by Gasteiger charge is -2.27. The second-order valence-corrected chi connectivity index (χ2v) is 5.41. The summed E-state index contributed by atoms with van der Waals surface area (Å²) in [6.07, 6.45) is 0.610. The highest BCUT2D eigenvalue weighted by Crippen LogP contribution is 2.20. The van der Waals surface area contributed by atoms with Crippen LogP contribution in [0.1, 0.15) is 20.3 Å². The van der Waals surface area contributed by atoms with Gasteiger partial charge in [-0.15, -0.1) is 11.8 Å². The number of carboxylic acid groups (broad SMARTS) is 3. The lowest BCUT2D eigenvalue weighted by Crippen LogP contribution is -2.60. The van der Waals surface area contributed by atoms with E-state index in [0.717, 1.165) is 18.7 Å². The second kappa shape index (κ2) is 7.84. The van der Waals surface area contributed by atoms with E-state index in [0.29, 0.717) is 12.2 Å². The molecule has 1 amide bonds. The molecule has 0 radical (unpaired) electrons. The predicted octanol–water partition coefficient (Wildman–Crippen LogP) is -0.807. The first-order valence-electron chi connectivity index (χ1n) is 5.92. The van der Waals surface area contributed by atoms with Gasteiger partial charge < -0.3 is 25.7 Å². The van der Waals surface area contributed by atoms with Crippen molar-refractivity contribution in [3.05, 3.63) is 0 Å². The van der Waals surface area contributed by atoms with E-state index < -0.39 is 40.7 Å². The van der Waals surface area contributed by atoms with Gasteiger partial charge in [-0.2, -0.15) is 0 Å². The van der Waals surface area contributed by atoms with Gasteiger partial charge in [-0.1, -0.05) is 6.92 Å². The maximum absolute atomic E-state index is 11.8. The third-order valence-electron chi connectivity index (χ3n) is 2.64. The number of nitrogens with one attached hydrogen (secondary N) is 1. The number of carbonyl (C=O) groups excluding carboxylic acids is 1. The van der Waals surface area contributed by atoms with Gasteiger partial charge in [0.05, 0.1) is 0 Å². The molecule has 0 aromatic rings. The topological polar surface area (TPSA) is 161 Å². The van der Waals surface area contributed by atoms with Crippen molar-refractivity contribution in [1.29, 1.82) is 0 Å². The Bertz CT molecular complexity index is 440. The molecule has 9 nitrogen and oxygen atoms in total. The first kappa shape index (κ1) is 19.2. The van der Waals surface area contributed by atoms with Gasteiger partial charge >= 0.3 is 17.9 Å². The fourth-order valence-electron chi connectivity index (χ4n) is 1.30. The van der Waals surface area contributed by atoms with Crippen LogP contribution in [0.5, 0.6) is 0 Å². The highest BCUT2D eigenvalue weighted by Gasteiger charge is 2.53. The van der Waals surface area contributed by atoms with Gasteiger partial charge in [0, 0.05) is 0 Å². The summed E-state index contributed by atoms with van der Waals surface area (Å²) in [5, 5.41) is 36.8. The van der Waals surface area contributed by atoms with Crippen molar-refractivity contribution in [3.63, 3.8) is 0 Å².